The summed E-state index contributed by atoms with van der Waals surface area (Å²) in [4.78, 5) is 23.4. The molecule has 0 heterocycles. The Morgan fingerprint density at radius 2 is 1.88 bits per heavy atom. The number of anilines is 1. The summed E-state index contributed by atoms with van der Waals surface area (Å²) < 4.78 is 6.09. The van der Waals surface area contributed by atoms with Crippen LogP contribution >= 0.6 is 43.5 Å². The van der Waals surface area contributed by atoms with Crippen LogP contribution in [0.3, 0.4) is 0 Å². The van der Waals surface area contributed by atoms with E-state index in [1.54, 1.807) is 36.4 Å². The SMILES string of the molecule is CC(=O)Oc1c(Br)cc(/C=C(\C#N)C(=O)Nc2cccc(Cl)c2)cc1Br. The predicted octanol–water partition coefficient (Wildman–Crippen LogP) is 5.34. The standard InChI is InChI=1S/C18H11Br2ClN2O3/c1-10(24)26-17-15(19)6-11(7-16(17)20)5-12(9-22)18(25)23-14-4-2-3-13(21)8-14/h2-8H,1H3,(H,23,25)/b12-5+. The van der Waals surface area contributed by atoms with Gasteiger partial charge in [-0.2, -0.15) is 5.26 Å². The van der Waals surface area contributed by atoms with E-state index < -0.39 is 11.9 Å². The highest BCUT2D eigenvalue weighted by molar-refractivity contribution is 9.11. The number of nitriles is 1. The molecule has 26 heavy (non-hydrogen) atoms. The van der Waals surface area contributed by atoms with E-state index in [1.807, 2.05) is 6.07 Å². The summed E-state index contributed by atoms with van der Waals surface area (Å²) in [7, 11) is 0. The van der Waals surface area contributed by atoms with E-state index in [9.17, 15) is 14.9 Å². The molecule has 2 aromatic rings. The van der Waals surface area contributed by atoms with E-state index in [1.165, 1.54) is 13.0 Å². The molecule has 0 bridgehead atoms. The van der Waals surface area contributed by atoms with Crippen LogP contribution in [0.25, 0.3) is 6.08 Å². The molecule has 0 unspecified atom stereocenters. The van der Waals surface area contributed by atoms with Crippen molar-refractivity contribution in [2.75, 3.05) is 5.32 Å². The van der Waals surface area contributed by atoms with Gasteiger partial charge >= 0.3 is 5.97 Å². The second kappa shape index (κ2) is 8.99. The summed E-state index contributed by atoms with van der Waals surface area (Å²) in [6.07, 6.45) is 1.42. The average molecular weight is 499 g/mol. The number of amides is 1. The van der Waals surface area contributed by atoms with Crippen molar-refractivity contribution in [3.8, 4) is 11.8 Å². The minimum Gasteiger partial charge on any atom is -0.424 e. The number of nitrogens with zero attached hydrogens (tertiary/aromatic N) is 1. The van der Waals surface area contributed by atoms with Gasteiger partial charge in [0.15, 0.2) is 5.75 Å². The van der Waals surface area contributed by atoms with Crippen molar-refractivity contribution in [3.63, 3.8) is 0 Å². The van der Waals surface area contributed by atoms with Gasteiger partial charge in [-0.25, -0.2) is 0 Å². The zero-order chi connectivity index (χ0) is 19.3. The van der Waals surface area contributed by atoms with Gasteiger partial charge < -0.3 is 10.1 Å². The predicted molar refractivity (Wildman–Crippen MR) is 107 cm³/mol. The molecule has 2 aromatic carbocycles. The zero-order valence-electron chi connectivity index (χ0n) is 13.3. The number of hydrogen-bond donors (Lipinski definition) is 1. The van der Waals surface area contributed by atoms with Crippen LogP contribution in [0.15, 0.2) is 50.9 Å². The van der Waals surface area contributed by atoms with Gasteiger partial charge in [0.2, 0.25) is 0 Å². The Labute approximate surface area is 171 Å². The molecule has 1 N–H and O–H groups in total. The molecular weight excluding hydrogens is 487 g/mol. The lowest BCUT2D eigenvalue weighted by Gasteiger charge is -2.09. The molecule has 1 amide bonds. The van der Waals surface area contributed by atoms with Crippen molar-refractivity contribution in [2.45, 2.75) is 6.92 Å². The maximum Gasteiger partial charge on any atom is 0.308 e. The zero-order valence-corrected chi connectivity index (χ0v) is 17.3. The maximum atomic E-state index is 12.3. The number of nitrogens with one attached hydrogen (secondary N) is 1. The monoisotopic (exact) mass is 496 g/mol. The molecule has 8 heteroatoms. The van der Waals surface area contributed by atoms with E-state index >= 15 is 0 Å². The van der Waals surface area contributed by atoms with Crippen LogP contribution in [-0.4, -0.2) is 11.9 Å². The van der Waals surface area contributed by atoms with Crippen LogP contribution in [0.1, 0.15) is 12.5 Å². The van der Waals surface area contributed by atoms with Crippen LogP contribution in [0.4, 0.5) is 5.69 Å². The van der Waals surface area contributed by atoms with Crippen LogP contribution in [0.5, 0.6) is 5.75 Å². The Morgan fingerprint density at radius 3 is 2.42 bits per heavy atom. The fourth-order valence-electron chi connectivity index (χ4n) is 1.98. The van der Waals surface area contributed by atoms with Crippen molar-refractivity contribution in [1.29, 1.82) is 5.26 Å². The third-order valence-corrected chi connectivity index (χ3v) is 4.44. The first-order valence-electron chi connectivity index (χ1n) is 7.16. The van der Waals surface area contributed by atoms with Gasteiger partial charge in [-0.05, 0) is 73.8 Å². The molecule has 0 aliphatic heterocycles. The number of carbonyl (C=O) groups excluding carboxylic acids is 2. The third kappa shape index (κ3) is 5.43. The summed E-state index contributed by atoms with van der Waals surface area (Å²) >= 11 is 12.5. The van der Waals surface area contributed by atoms with E-state index in [0.29, 0.717) is 31.0 Å². The molecule has 0 radical (unpaired) electrons. The molecule has 0 saturated heterocycles. The second-order valence-electron chi connectivity index (χ2n) is 5.04. The number of carbonyl (C=O) groups is 2. The highest BCUT2D eigenvalue weighted by Gasteiger charge is 2.13. The molecule has 5 nitrogen and oxygen atoms in total. The summed E-state index contributed by atoms with van der Waals surface area (Å²) in [6.45, 7) is 1.29. The molecule has 0 atom stereocenters. The van der Waals surface area contributed by atoms with E-state index in [-0.39, 0.29) is 5.57 Å². The Bertz CT molecular complexity index is 929. The quantitative estimate of drug-likeness (QED) is 0.267. The summed E-state index contributed by atoms with van der Waals surface area (Å²) in [5, 5.41) is 12.4. The van der Waals surface area contributed by atoms with E-state index in [2.05, 4.69) is 37.2 Å². The smallest absolute Gasteiger partial charge is 0.308 e. The van der Waals surface area contributed by atoms with Gasteiger partial charge in [0, 0.05) is 17.6 Å². The Kier molecular flexibility index (Phi) is 6.98. The van der Waals surface area contributed by atoms with Gasteiger partial charge in [0.05, 0.1) is 8.95 Å². The van der Waals surface area contributed by atoms with Crippen LogP contribution in [0, 0.1) is 11.3 Å². The van der Waals surface area contributed by atoms with Gasteiger partial charge in [-0.1, -0.05) is 17.7 Å². The van der Waals surface area contributed by atoms with Crippen molar-refractivity contribution < 1.29 is 14.3 Å². The minimum atomic E-state index is -0.564. The number of benzene rings is 2. The first kappa shape index (κ1) is 20.2. The number of ether oxygens (including phenoxy) is 1. The highest BCUT2D eigenvalue weighted by Crippen LogP contribution is 2.35. The summed E-state index contributed by atoms with van der Waals surface area (Å²) in [5.41, 5.74) is 0.956. The van der Waals surface area contributed by atoms with E-state index in [0.717, 1.165) is 0 Å². The van der Waals surface area contributed by atoms with Gasteiger partial charge in [-0.3, -0.25) is 9.59 Å². The second-order valence-corrected chi connectivity index (χ2v) is 7.19. The maximum absolute atomic E-state index is 12.3. The summed E-state index contributed by atoms with van der Waals surface area (Å²) in [5.74, 6) is -0.712. The largest absolute Gasteiger partial charge is 0.424 e. The van der Waals surface area contributed by atoms with Crippen molar-refractivity contribution >= 4 is 67.1 Å². The molecule has 0 fully saturated rings. The Morgan fingerprint density at radius 1 is 1.23 bits per heavy atom. The molecule has 2 rings (SSSR count). The molecule has 0 aromatic heterocycles. The van der Waals surface area contributed by atoms with Crippen LogP contribution in [0.2, 0.25) is 5.02 Å². The first-order chi connectivity index (χ1) is 12.3. The highest BCUT2D eigenvalue weighted by atomic mass is 79.9. The van der Waals surface area contributed by atoms with Crippen molar-refractivity contribution in [1.82, 2.24) is 0 Å². The van der Waals surface area contributed by atoms with Crippen molar-refractivity contribution in [3.05, 3.63) is 61.5 Å². The number of halogens is 3. The van der Waals surface area contributed by atoms with Crippen LogP contribution in [-0.2, 0) is 9.59 Å². The Balaban J connectivity index is 2.29. The molecule has 0 saturated carbocycles. The van der Waals surface area contributed by atoms with E-state index in [4.69, 9.17) is 16.3 Å². The molecule has 132 valence electrons. The molecule has 0 aliphatic carbocycles. The van der Waals surface area contributed by atoms with Gasteiger partial charge in [0.25, 0.3) is 5.91 Å². The lowest BCUT2D eigenvalue weighted by molar-refractivity contribution is -0.132. The average Bonchev–Trinajstić information content (AvgIpc) is 2.55. The van der Waals surface area contributed by atoms with Gasteiger partial charge in [-0.15, -0.1) is 0 Å². The molecular formula is C18H11Br2ClN2O3. The summed E-state index contributed by atoms with van der Waals surface area (Å²) in [6, 6.07) is 11.7. The number of esters is 1. The molecule has 0 spiro atoms. The molecule has 0 aliphatic rings. The first-order valence-corrected chi connectivity index (χ1v) is 9.12. The fraction of sp³-hybridized carbons (Fsp3) is 0.0556. The fourth-order valence-corrected chi connectivity index (χ4v) is 3.56. The minimum absolute atomic E-state index is 0.0935. The third-order valence-electron chi connectivity index (χ3n) is 3.02. The van der Waals surface area contributed by atoms with Crippen LogP contribution < -0.4 is 10.1 Å². The lowest BCUT2D eigenvalue weighted by Crippen LogP contribution is -2.13. The lowest BCUT2D eigenvalue weighted by atomic mass is 10.1. The number of rotatable bonds is 4. The van der Waals surface area contributed by atoms with Gasteiger partial charge in [0.1, 0.15) is 11.6 Å². The van der Waals surface area contributed by atoms with Crippen molar-refractivity contribution in [2.24, 2.45) is 0 Å². The normalized spacial score (nSPS) is 10.8. The number of hydrogen-bond acceptors (Lipinski definition) is 4. The Hall–Kier alpha value is -2.14. The topological polar surface area (TPSA) is 79.2 Å².